The molecule has 0 bridgehead atoms. The quantitative estimate of drug-likeness (QED) is 0.681. The van der Waals surface area contributed by atoms with Crippen LogP contribution < -0.4 is 19.5 Å². The molecule has 7 nitrogen and oxygen atoms in total. The maximum atomic E-state index is 12.5. The third-order valence-electron chi connectivity index (χ3n) is 4.40. The molecule has 0 unspecified atom stereocenters. The van der Waals surface area contributed by atoms with Gasteiger partial charge < -0.3 is 19.5 Å². The first-order valence-electron chi connectivity index (χ1n) is 8.73. The number of hydrogen-bond acceptors (Lipinski definition) is 5. The van der Waals surface area contributed by atoms with Crippen molar-refractivity contribution < 1.29 is 19.0 Å². The zero-order valence-electron chi connectivity index (χ0n) is 16.4. The SMILES string of the molecule is COc1ccc(-c2cc(C(=O)NCc3ccc(OC)c(OC)c3)nn2C)cc1. The predicted molar refractivity (Wildman–Crippen MR) is 106 cm³/mol. The van der Waals surface area contributed by atoms with Gasteiger partial charge in [-0.1, -0.05) is 6.07 Å². The van der Waals surface area contributed by atoms with E-state index >= 15 is 0 Å². The van der Waals surface area contributed by atoms with Crippen molar-refractivity contribution >= 4 is 5.91 Å². The van der Waals surface area contributed by atoms with Crippen molar-refractivity contribution in [2.45, 2.75) is 6.54 Å². The van der Waals surface area contributed by atoms with Crippen LogP contribution in [0.2, 0.25) is 0 Å². The number of nitrogens with zero attached hydrogens (tertiary/aromatic N) is 2. The summed E-state index contributed by atoms with van der Waals surface area (Å²) in [6.07, 6.45) is 0. The van der Waals surface area contributed by atoms with Crippen LogP contribution in [0.4, 0.5) is 0 Å². The Morgan fingerprint density at radius 1 is 0.964 bits per heavy atom. The van der Waals surface area contributed by atoms with Gasteiger partial charge in [-0.15, -0.1) is 0 Å². The highest BCUT2D eigenvalue weighted by Gasteiger charge is 2.14. The van der Waals surface area contributed by atoms with Gasteiger partial charge in [-0.3, -0.25) is 9.48 Å². The topological polar surface area (TPSA) is 74.6 Å². The lowest BCUT2D eigenvalue weighted by Gasteiger charge is -2.10. The lowest BCUT2D eigenvalue weighted by molar-refractivity contribution is 0.0945. The monoisotopic (exact) mass is 381 g/mol. The van der Waals surface area contributed by atoms with Gasteiger partial charge in [0.1, 0.15) is 5.75 Å². The minimum Gasteiger partial charge on any atom is -0.497 e. The Kier molecular flexibility index (Phi) is 5.84. The molecular formula is C21H23N3O4. The summed E-state index contributed by atoms with van der Waals surface area (Å²) < 4.78 is 17.4. The maximum Gasteiger partial charge on any atom is 0.272 e. The van der Waals surface area contributed by atoms with Gasteiger partial charge in [0.25, 0.3) is 5.91 Å². The van der Waals surface area contributed by atoms with Crippen molar-refractivity contribution in [3.63, 3.8) is 0 Å². The van der Waals surface area contributed by atoms with E-state index in [0.717, 1.165) is 22.6 Å². The van der Waals surface area contributed by atoms with Crippen LogP contribution in [-0.4, -0.2) is 37.0 Å². The van der Waals surface area contributed by atoms with Crippen LogP contribution in [0.5, 0.6) is 17.2 Å². The Morgan fingerprint density at radius 2 is 1.68 bits per heavy atom. The average Bonchev–Trinajstić information content (AvgIpc) is 3.13. The number of hydrogen-bond donors (Lipinski definition) is 1. The second kappa shape index (κ2) is 8.47. The van der Waals surface area contributed by atoms with Gasteiger partial charge in [0.2, 0.25) is 0 Å². The van der Waals surface area contributed by atoms with Gasteiger partial charge in [-0.2, -0.15) is 5.10 Å². The van der Waals surface area contributed by atoms with Crippen LogP contribution >= 0.6 is 0 Å². The van der Waals surface area contributed by atoms with Gasteiger partial charge >= 0.3 is 0 Å². The van der Waals surface area contributed by atoms with Gasteiger partial charge in [-0.25, -0.2) is 0 Å². The molecule has 28 heavy (non-hydrogen) atoms. The molecule has 0 aliphatic rings. The fourth-order valence-electron chi connectivity index (χ4n) is 2.87. The van der Waals surface area contributed by atoms with E-state index in [1.807, 2.05) is 49.5 Å². The number of rotatable bonds is 7. The Labute approximate surface area is 163 Å². The Hall–Kier alpha value is -3.48. The standard InChI is InChI=1S/C21H23N3O4/c1-24-18(15-6-8-16(26-2)9-7-15)12-17(23-24)21(25)22-13-14-5-10-19(27-3)20(11-14)28-4/h5-12H,13H2,1-4H3,(H,22,25). The van der Waals surface area contributed by atoms with E-state index < -0.39 is 0 Å². The highest BCUT2D eigenvalue weighted by atomic mass is 16.5. The fourth-order valence-corrected chi connectivity index (χ4v) is 2.87. The normalized spacial score (nSPS) is 10.4. The molecule has 1 amide bonds. The number of carbonyl (C=O) groups is 1. The summed E-state index contributed by atoms with van der Waals surface area (Å²) in [7, 11) is 6.60. The molecule has 0 aliphatic heterocycles. The van der Waals surface area contributed by atoms with Gasteiger partial charge in [0.15, 0.2) is 17.2 Å². The first kappa shape index (κ1) is 19.3. The minimum absolute atomic E-state index is 0.245. The highest BCUT2D eigenvalue weighted by molar-refractivity contribution is 5.93. The molecule has 3 rings (SSSR count). The van der Waals surface area contributed by atoms with Crippen LogP contribution in [0.15, 0.2) is 48.5 Å². The predicted octanol–water partition coefficient (Wildman–Crippen LogP) is 3.04. The first-order valence-corrected chi connectivity index (χ1v) is 8.73. The van der Waals surface area contributed by atoms with Gasteiger partial charge in [-0.05, 0) is 48.0 Å². The average molecular weight is 381 g/mol. The highest BCUT2D eigenvalue weighted by Crippen LogP contribution is 2.27. The lowest BCUT2D eigenvalue weighted by Crippen LogP contribution is -2.23. The smallest absolute Gasteiger partial charge is 0.272 e. The number of ether oxygens (including phenoxy) is 3. The van der Waals surface area contributed by atoms with Crippen LogP contribution in [-0.2, 0) is 13.6 Å². The summed E-state index contributed by atoms with van der Waals surface area (Å²) in [6.45, 7) is 0.355. The molecule has 3 aromatic rings. The molecule has 1 N–H and O–H groups in total. The van der Waals surface area contributed by atoms with E-state index in [-0.39, 0.29) is 5.91 Å². The Morgan fingerprint density at radius 3 is 2.32 bits per heavy atom. The summed E-state index contributed by atoms with van der Waals surface area (Å²) in [5.41, 5.74) is 3.06. The van der Waals surface area contributed by atoms with Gasteiger partial charge in [0.05, 0.1) is 27.0 Å². The third-order valence-corrected chi connectivity index (χ3v) is 4.40. The molecule has 0 saturated carbocycles. The number of amides is 1. The molecule has 1 aromatic heterocycles. The summed E-state index contributed by atoms with van der Waals surface area (Å²) in [6, 6.07) is 14.9. The van der Waals surface area contributed by atoms with Crippen molar-refractivity contribution in [1.29, 1.82) is 0 Å². The lowest BCUT2D eigenvalue weighted by atomic mass is 10.1. The number of methoxy groups -OCH3 is 3. The Balaban J connectivity index is 1.71. The molecule has 0 radical (unpaired) electrons. The van der Waals surface area contributed by atoms with Crippen LogP contribution in [0.25, 0.3) is 11.3 Å². The van der Waals surface area contributed by atoms with Crippen molar-refractivity contribution in [3.05, 3.63) is 59.8 Å². The number of aromatic nitrogens is 2. The minimum atomic E-state index is -0.245. The zero-order chi connectivity index (χ0) is 20.1. The number of carbonyl (C=O) groups excluding carboxylic acids is 1. The fraction of sp³-hybridized carbons (Fsp3) is 0.238. The Bertz CT molecular complexity index is 964. The summed E-state index contributed by atoms with van der Waals surface area (Å²) in [5.74, 6) is 1.80. The molecule has 0 atom stereocenters. The van der Waals surface area contributed by atoms with Gasteiger partial charge in [0, 0.05) is 19.2 Å². The maximum absolute atomic E-state index is 12.5. The summed E-state index contributed by atoms with van der Waals surface area (Å²) >= 11 is 0. The third kappa shape index (κ3) is 4.09. The molecule has 2 aromatic carbocycles. The zero-order valence-corrected chi connectivity index (χ0v) is 16.4. The molecule has 0 saturated heterocycles. The molecular weight excluding hydrogens is 358 g/mol. The van der Waals surface area contributed by atoms with Crippen molar-refractivity contribution in [2.24, 2.45) is 7.05 Å². The molecule has 1 heterocycles. The van der Waals surface area contributed by atoms with Crippen molar-refractivity contribution in [1.82, 2.24) is 15.1 Å². The van der Waals surface area contributed by atoms with Crippen LogP contribution in [0.3, 0.4) is 0 Å². The molecule has 0 spiro atoms. The van der Waals surface area contributed by atoms with E-state index in [4.69, 9.17) is 14.2 Å². The number of nitrogens with one attached hydrogen (secondary N) is 1. The van der Waals surface area contributed by atoms with E-state index in [1.165, 1.54) is 0 Å². The van der Waals surface area contributed by atoms with Crippen molar-refractivity contribution in [3.8, 4) is 28.5 Å². The second-order valence-corrected chi connectivity index (χ2v) is 6.14. The van der Waals surface area contributed by atoms with E-state index in [0.29, 0.717) is 23.7 Å². The number of benzene rings is 2. The van der Waals surface area contributed by atoms with Crippen LogP contribution in [0.1, 0.15) is 16.1 Å². The molecule has 0 fully saturated rings. The van der Waals surface area contributed by atoms with E-state index in [9.17, 15) is 4.79 Å². The summed E-state index contributed by atoms with van der Waals surface area (Å²) in [5, 5.41) is 7.21. The molecule has 7 heteroatoms. The number of aryl methyl sites for hydroxylation is 1. The second-order valence-electron chi connectivity index (χ2n) is 6.14. The molecule has 146 valence electrons. The first-order chi connectivity index (χ1) is 13.5. The van der Waals surface area contributed by atoms with Crippen molar-refractivity contribution in [2.75, 3.05) is 21.3 Å². The largest absolute Gasteiger partial charge is 0.497 e. The van der Waals surface area contributed by atoms with Crippen LogP contribution in [0, 0.1) is 0 Å². The molecule has 0 aliphatic carbocycles. The summed E-state index contributed by atoms with van der Waals surface area (Å²) in [4.78, 5) is 12.5. The van der Waals surface area contributed by atoms with E-state index in [2.05, 4.69) is 10.4 Å². The van der Waals surface area contributed by atoms with E-state index in [1.54, 1.807) is 32.1 Å².